The molecule has 1 atom stereocenters. The number of nitrogens with zero attached hydrogens (tertiary/aromatic N) is 1. The van der Waals surface area contributed by atoms with Crippen LogP contribution in [0.1, 0.15) is 24.4 Å². The first-order valence-electron chi connectivity index (χ1n) is 8.43. The van der Waals surface area contributed by atoms with E-state index in [2.05, 4.69) is 21.6 Å². The number of benzene rings is 2. The number of thiocarbonyl (C=S) groups is 1. The van der Waals surface area contributed by atoms with E-state index in [-0.39, 0.29) is 11.9 Å². The number of nitrogens with one attached hydrogen (secondary N) is 2. The zero-order chi connectivity index (χ0) is 17.6. The number of anilines is 1. The van der Waals surface area contributed by atoms with Crippen LogP contribution in [0.25, 0.3) is 0 Å². The lowest BCUT2D eigenvalue weighted by Gasteiger charge is -2.29. The molecule has 2 aromatic carbocycles. The van der Waals surface area contributed by atoms with Crippen molar-refractivity contribution >= 4 is 34.6 Å². The van der Waals surface area contributed by atoms with E-state index in [1.54, 1.807) is 18.2 Å². The molecule has 0 radical (unpaired) electrons. The lowest BCUT2D eigenvalue weighted by atomic mass is 10.1. The summed E-state index contributed by atoms with van der Waals surface area (Å²) in [7, 11) is 0. The summed E-state index contributed by atoms with van der Waals surface area (Å²) in [5, 5.41) is 7.29. The largest absolute Gasteiger partial charge is 0.361 e. The van der Waals surface area contributed by atoms with E-state index in [9.17, 15) is 4.39 Å². The molecular formula is C19H21ClFN3S. The molecule has 3 rings (SSSR count). The van der Waals surface area contributed by atoms with E-state index < -0.39 is 0 Å². The Hall–Kier alpha value is -1.69. The van der Waals surface area contributed by atoms with Gasteiger partial charge in [-0.05, 0) is 61.9 Å². The fourth-order valence-corrected chi connectivity index (χ4v) is 3.61. The predicted molar refractivity (Wildman–Crippen MR) is 106 cm³/mol. The fraction of sp³-hybridized carbons (Fsp3) is 0.316. The van der Waals surface area contributed by atoms with Crippen LogP contribution in [0.15, 0.2) is 48.5 Å². The molecule has 0 saturated carbocycles. The number of rotatable bonds is 5. The quantitative estimate of drug-likeness (QED) is 0.744. The van der Waals surface area contributed by atoms with Gasteiger partial charge in [-0.25, -0.2) is 4.39 Å². The highest BCUT2D eigenvalue weighted by atomic mass is 35.5. The van der Waals surface area contributed by atoms with Gasteiger partial charge < -0.3 is 10.6 Å². The first-order chi connectivity index (χ1) is 12.1. The molecule has 2 aromatic rings. The monoisotopic (exact) mass is 377 g/mol. The van der Waals surface area contributed by atoms with Crippen LogP contribution in [0, 0.1) is 5.82 Å². The van der Waals surface area contributed by atoms with E-state index in [4.69, 9.17) is 23.8 Å². The van der Waals surface area contributed by atoms with E-state index in [0.29, 0.717) is 17.3 Å². The molecule has 25 heavy (non-hydrogen) atoms. The average molecular weight is 378 g/mol. The molecule has 2 N–H and O–H groups in total. The Bertz CT molecular complexity index is 734. The summed E-state index contributed by atoms with van der Waals surface area (Å²) in [5.41, 5.74) is 1.46. The molecule has 3 nitrogen and oxygen atoms in total. The minimum Gasteiger partial charge on any atom is -0.361 e. The van der Waals surface area contributed by atoms with E-state index >= 15 is 0 Å². The third-order valence-electron chi connectivity index (χ3n) is 4.42. The number of hydrogen-bond donors (Lipinski definition) is 2. The Morgan fingerprint density at radius 2 is 1.80 bits per heavy atom. The highest BCUT2D eigenvalue weighted by Gasteiger charge is 2.25. The van der Waals surface area contributed by atoms with Crippen molar-refractivity contribution in [2.75, 3.05) is 25.0 Å². The van der Waals surface area contributed by atoms with Gasteiger partial charge in [-0.15, -0.1) is 0 Å². The van der Waals surface area contributed by atoms with Crippen molar-refractivity contribution in [2.45, 2.75) is 18.9 Å². The van der Waals surface area contributed by atoms with Crippen LogP contribution in [-0.4, -0.2) is 29.6 Å². The SMILES string of the molecule is Fc1ccccc1NC(=S)NC[C@H](c1ccccc1Cl)N1CCCC1. The minimum atomic E-state index is -0.325. The molecule has 0 aliphatic carbocycles. The maximum absolute atomic E-state index is 13.7. The molecule has 1 aliphatic rings. The summed E-state index contributed by atoms with van der Waals surface area (Å²) in [6.45, 7) is 2.71. The van der Waals surface area contributed by atoms with Crippen molar-refractivity contribution in [1.29, 1.82) is 0 Å². The smallest absolute Gasteiger partial charge is 0.170 e. The number of halogens is 2. The van der Waals surface area contributed by atoms with E-state index in [1.807, 2.05) is 18.2 Å². The van der Waals surface area contributed by atoms with E-state index in [1.165, 1.54) is 18.9 Å². The summed E-state index contributed by atoms with van der Waals surface area (Å²) in [6.07, 6.45) is 2.39. The van der Waals surface area contributed by atoms with Gasteiger partial charge in [0.2, 0.25) is 0 Å². The zero-order valence-electron chi connectivity index (χ0n) is 13.8. The molecule has 132 valence electrons. The first-order valence-corrected chi connectivity index (χ1v) is 9.21. The number of hydrogen-bond acceptors (Lipinski definition) is 2. The first kappa shape index (κ1) is 18.1. The number of likely N-dealkylation sites (tertiary alicyclic amines) is 1. The van der Waals surface area contributed by atoms with Crippen LogP contribution in [0.4, 0.5) is 10.1 Å². The highest BCUT2D eigenvalue weighted by Crippen LogP contribution is 2.29. The second kappa shape index (κ2) is 8.61. The molecule has 0 amide bonds. The molecule has 1 heterocycles. The number of para-hydroxylation sites is 1. The topological polar surface area (TPSA) is 27.3 Å². The normalized spacial score (nSPS) is 15.8. The van der Waals surface area contributed by atoms with Gasteiger partial charge in [-0.3, -0.25) is 4.90 Å². The molecule has 6 heteroatoms. The van der Waals surface area contributed by atoms with Crippen molar-refractivity contribution in [2.24, 2.45) is 0 Å². The average Bonchev–Trinajstić information content (AvgIpc) is 3.13. The summed E-state index contributed by atoms with van der Waals surface area (Å²) >= 11 is 11.7. The fourth-order valence-electron chi connectivity index (χ4n) is 3.15. The van der Waals surface area contributed by atoms with Crippen molar-refractivity contribution < 1.29 is 4.39 Å². The van der Waals surface area contributed by atoms with Gasteiger partial charge in [0.1, 0.15) is 5.82 Å². The summed E-state index contributed by atoms with van der Waals surface area (Å²) in [5.74, 6) is -0.325. The van der Waals surface area contributed by atoms with Crippen LogP contribution < -0.4 is 10.6 Å². The lowest BCUT2D eigenvalue weighted by Crippen LogP contribution is -2.38. The molecule has 0 bridgehead atoms. The van der Waals surface area contributed by atoms with Gasteiger partial charge >= 0.3 is 0 Å². The molecular weight excluding hydrogens is 357 g/mol. The third kappa shape index (κ3) is 4.69. The van der Waals surface area contributed by atoms with Crippen LogP contribution in [0.3, 0.4) is 0 Å². The zero-order valence-corrected chi connectivity index (χ0v) is 15.4. The Kier molecular flexibility index (Phi) is 6.24. The van der Waals surface area contributed by atoms with Gasteiger partial charge in [0.15, 0.2) is 5.11 Å². The molecule has 1 aliphatic heterocycles. The Morgan fingerprint density at radius 1 is 1.12 bits per heavy atom. The van der Waals surface area contributed by atoms with Gasteiger partial charge in [-0.2, -0.15) is 0 Å². The van der Waals surface area contributed by atoms with Crippen LogP contribution in [0.5, 0.6) is 0 Å². The highest BCUT2D eigenvalue weighted by molar-refractivity contribution is 7.80. The van der Waals surface area contributed by atoms with Crippen LogP contribution in [0.2, 0.25) is 5.02 Å². The van der Waals surface area contributed by atoms with Crippen molar-refractivity contribution in [3.05, 3.63) is 64.9 Å². The lowest BCUT2D eigenvalue weighted by molar-refractivity contribution is 0.246. The standard InChI is InChI=1S/C19H21ClFN3S/c20-15-8-2-1-7-14(15)18(24-11-5-6-12-24)13-22-19(25)23-17-10-4-3-9-16(17)21/h1-4,7-10,18H,5-6,11-13H2,(H2,22,23,25)/t18-/m1/s1. The van der Waals surface area contributed by atoms with Gasteiger partial charge in [0.25, 0.3) is 0 Å². The maximum atomic E-state index is 13.7. The second-order valence-corrected chi connectivity index (χ2v) is 6.91. The Balaban J connectivity index is 1.67. The second-order valence-electron chi connectivity index (χ2n) is 6.10. The molecule has 0 spiro atoms. The summed E-state index contributed by atoms with van der Waals surface area (Å²) in [6, 6.07) is 14.5. The Morgan fingerprint density at radius 3 is 2.52 bits per heavy atom. The molecule has 0 unspecified atom stereocenters. The van der Waals surface area contributed by atoms with E-state index in [0.717, 1.165) is 23.7 Å². The third-order valence-corrected chi connectivity index (χ3v) is 5.01. The molecule has 0 aromatic heterocycles. The molecule has 1 saturated heterocycles. The van der Waals surface area contributed by atoms with Crippen LogP contribution in [-0.2, 0) is 0 Å². The van der Waals surface area contributed by atoms with Gasteiger partial charge in [0, 0.05) is 11.6 Å². The van der Waals surface area contributed by atoms with Crippen molar-refractivity contribution in [1.82, 2.24) is 10.2 Å². The predicted octanol–water partition coefficient (Wildman–Crippen LogP) is 4.60. The Labute approximate surface area is 158 Å². The van der Waals surface area contributed by atoms with Gasteiger partial charge in [-0.1, -0.05) is 41.9 Å². The van der Waals surface area contributed by atoms with Crippen LogP contribution >= 0.6 is 23.8 Å². The summed E-state index contributed by atoms with van der Waals surface area (Å²) in [4.78, 5) is 2.42. The summed E-state index contributed by atoms with van der Waals surface area (Å²) < 4.78 is 13.7. The van der Waals surface area contributed by atoms with Crippen molar-refractivity contribution in [3.8, 4) is 0 Å². The maximum Gasteiger partial charge on any atom is 0.170 e. The van der Waals surface area contributed by atoms with Crippen molar-refractivity contribution in [3.63, 3.8) is 0 Å². The molecule has 1 fully saturated rings. The minimum absolute atomic E-state index is 0.136. The van der Waals surface area contributed by atoms with Gasteiger partial charge in [0.05, 0.1) is 11.7 Å².